The fourth-order valence-electron chi connectivity index (χ4n) is 3.45. The second-order valence-electron chi connectivity index (χ2n) is 6.71. The Bertz CT molecular complexity index is 772. The van der Waals surface area contributed by atoms with Crippen LogP contribution in [0.2, 0.25) is 0 Å². The van der Waals surface area contributed by atoms with Gasteiger partial charge >= 0.3 is 0 Å². The van der Waals surface area contributed by atoms with E-state index in [0.717, 1.165) is 42.6 Å². The number of hydrogen-bond acceptors (Lipinski definition) is 2. The van der Waals surface area contributed by atoms with Gasteiger partial charge in [-0.2, -0.15) is 0 Å². The number of nitrogens with one attached hydrogen (secondary N) is 1. The number of nitrogens with zero attached hydrogens (tertiary/aromatic N) is 1. The van der Waals surface area contributed by atoms with E-state index in [9.17, 15) is 14.0 Å². The van der Waals surface area contributed by atoms with E-state index in [4.69, 9.17) is 0 Å². The zero-order valence-corrected chi connectivity index (χ0v) is 14.9. The Morgan fingerprint density at radius 3 is 2.42 bits per heavy atom. The Morgan fingerprint density at radius 1 is 1.08 bits per heavy atom. The first kappa shape index (κ1) is 18.1. The van der Waals surface area contributed by atoms with Crippen LogP contribution in [0.4, 0.5) is 10.1 Å². The zero-order valence-electron chi connectivity index (χ0n) is 14.9. The van der Waals surface area contributed by atoms with E-state index in [0.29, 0.717) is 6.42 Å². The Balaban J connectivity index is 1.70. The molecule has 0 spiro atoms. The van der Waals surface area contributed by atoms with Crippen molar-refractivity contribution in [2.45, 2.75) is 38.6 Å². The Kier molecular flexibility index (Phi) is 5.66. The molecule has 2 amide bonds. The van der Waals surface area contributed by atoms with Gasteiger partial charge in [-0.3, -0.25) is 9.59 Å². The largest absolute Gasteiger partial charge is 0.335 e. The van der Waals surface area contributed by atoms with Crippen molar-refractivity contribution in [1.29, 1.82) is 0 Å². The van der Waals surface area contributed by atoms with Gasteiger partial charge in [0.2, 0.25) is 11.8 Å². The highest BCUT2D eigenvalue weighted by Crippen LogP contribution is 2.31. The maximum atomic E-state index is 13.2. The molecule has 1 N–H and O–H groups in total. The minimum absolute atomic E-state index is 0.00972. The topological polar surface area (TPSA) is 49.4 Å². The Hall–Kier alpha value is -2.69. The van der Waals surface area contributed by atoms with Gasteiger partial charge in [-0.1, -0.05) is 24.3 Å². The first-order chi connectivity index (χ1) is 12.5. The number of amides is 2. The monoisotopic (exact) mass is 354 g/mol. The number of piperidine rings is 1. The van der Waals surface area contributed by atoms with Crippen LogP contribution in [-0.2, 0) is 16.0 Å². The van der Waals surface area contributed by atoms with Crippen LogP contribution < -0.4 is 5.32 Å². The van der Waals surface area contributed by atoms with Crippen molar-refractivity contribution in [2.75, 3.05) is 11.9 Å². The lowest BCUT2D eigenvalue weighted by atomic mass is 9.94. The molecule has 1 unspecified atom stereocenters. The van der Waals surface area contributed by atoms with E-state index in [2.05, 4.69) is 5.32 Å². The molecule has 136 valence electrons. The van der Waals surface area contributed by atoms with Gasteiger partial charge in [-0.15, -0.1) is 0 Å². The lowest BCUT2D eigenvalue weighted by Crippen LogP contribution is -2.39. The van der Waals surface area contributed by atoms with Crippen molar-refractivity contribution in [3.63, 3.8) is 0 Å². The number of carbonyl (C=O) groups is 2. The maximum Gasteiger partial charge on any atom is 0.227 e. The number of hydrogen-bond donors (Lipinski definition) is 1. The third-order valence-electron chi connectivity index (χ3n) is 4.71. The number of halogens is 1. The van der Waals surface area contributed by atoms with Gasteiger partial charge < -0.3 is 10.2 Å². The molecule has 1 aliphatic rings. The van der Waals surface area contributed by atoms with Gasteiger partial charge in [-0.05, 0) is 54.7 Å². The summed E-state index contributed by atoms with van der Waals surface area (Å²) in [5.41, 5.74) is 2.61. The predicted molar refractivity (Wildman–Crippen MR) is 99.2 cm³/mol. The van der Waals surface area contributed by atoms with Crippen molar-refractivity contribution in [3.8, 4) is 0 Å². The molecule has 0 radical (unpaired) electrons. The highest BCUT2D eigenvalue weighted by Gasteiger charge is 2.27. The average Bonchev–Trinajstić information content (AvgIpc) is 2.63. The van der Waals surface area contributed by atoms with Crippen LogP contribution in [0.1, 0.15) is 43.4 Å². The molecule has 4 nitrogen and oxygen atoms in total. The molecule has 0 bridgehead atoms. The van der Waals surface area contributed by atoms with E-state index < -0.39 is 0 Å². The fourth-order valence-corrected chi connectivity index (χ4v) is 3.45. The quantitative estimate of drug-likeness (QED) is 0.899. The van der Waals surface area contributed by atoms with Gasteiger partial charge in [-0.25, -0.2) is 4.39 Å². The van der Waals surface area contributed by atoms with Crippen molar-refractivity contribution in [1.82, 2.24) is 4.90 Å². The SMILES string of the molecule is CC(=O)Nc1ccc(CC(=O)N2CCCCC2c2ccc(F)cc2)cc1. The minimum Gasteiger partial charge on any atom is -0.335 e. The highest BCUT2D eigenvalue weighted by molar-refractivity contribution is 5.88. The Morgan fingerprint density at radius 2 is 1.77 bits per heavy atom. The van der Waals surface area contributed by atoms with Crippen molar-refractivity contribution in [3.05, 3.63) is 65.5 Å². The molecule has 1 aliphatic heterocycles. The minimum atomic E-state index is -0.262. The number of carbonyl (C=O) groups excluding carboxylic acids is 2. The van der Waals surface area contributed by atoms with Gasteiger partial charge in [0.25, 0.3) is 0 Å². The molecule has 5 heteroatoms. The number of rotatable bonds is 4. The third-order valence-corrected chi connectivity index (χ3v) is 4.71. The van der Waals surface area contributed by atoms with Crippen molar-refractivity contribution >= 4 is 17.5 Å². The third kappa shape index (κ3) is 4.48. The van der Waals surface area contributed by atoms with E-state index >= 15 is 0 Å². The summed E-state index contributed by atoms with van der Waals surface area (Å²) in [6, 6.07) is 13.8. The number of benzene rings is 2. The molecule has 0 saturated carbocycles. The van der Waals surface area contributed by atoms with Crippen LogP contribution in [0, 0.1) is 5.82 Å². The van der Waals surface area contributed by atoms with Crippen molar-refractivity contribution in [2.24, 2.45) is 0 Å². The van der Waals surface area contributed by atoms with E-state index in [1.54, 1.807) is 24.3 Å². The lowest BCUT2D eigenvalue weighted by molar-refractivity contribution is -0.134. The second kappa shape index (κ2) is 8.13. The molecule has 1 fully saturated rings. The number of likely N-dealkylation sites (tertiary alicyclic amines) is 1. The van der Waals surface area contributed by atoms with Crippen LogP contribution in [0.5, 0.6) is 0 Å². The molecule has 0 aromatic heterocycles. The summed E-state index contributed by atoms with van der Waals surface area (Å²) in [4.78, 5) is 25.9. The van der Waals surface area contributed by atoms with E-state index in [1.165, 1.54) is 19.1 Å². The fraction of sp³-hybridized carbons (Fsp3) is 0.333. The molecule has 1 heterocycles. The summed E-state index contributed by atoms with van der Waals surface area (Å²) in [5.74, 6) is -0.308. The molecule has 1 saturated heterocycles. The maximum absolute atomic E-state index is 13.2. The molecule has 1 atom stereocenters. The normalized spacial score (nSPS) is 17.0. The molecule has 3 rings (SSSR count). The molecule has 26 heavy (non-hydrogen) atoms. The highest BCUT2D eigenvalue weighted by atomic mass is 19.1. The first-order valence-electron chi connectivity index (χ1n) is 8.94. The van der Waals surface area contributed by atoms with Gasteiger partial charge in [0.05, 0.1) is 12.5 Å². The van der Waals surface area contributed by atoms with Crippen LogP contribution in [0.25, 0.3) is 0 Å². The van der Waals surface area contributed by atoms with Crippen LogP contribution in [0.15, 0.2) is 48.5 Å². The molecule has 2 aromatic rings. The zero-order chi connectivity index (χ0) is 18.5. The van der Waals surface area contributed by atoms with Crippen LogP contribution >= 0.6 is 0 Å². The molecule has 0 aliphatic carbocycles. The predicted octanol–water partition coefficient (Wildman–Crippen LogP) is 4.08. The van der Waals surface area contributed by atoms with Gasteiger partial charge in [0.15, 0.2) is 0 Å². The van der Waals surface area contributed by atoms with Crippen molar-refractivity contribution < 1.29 is 14.0 Å². The van der Waals surface area contributed by atoms with E-state index in [-0.39, 0.29) is 23.7 Å². The summed E-state index contributed by atoms with van der Waals surface area (Å²) >= 11 is 0. The molecular weight excluding hydrogens is 331 g/mol. The van der Waals surface area contributed by atoms with Crippen LogP contribution in [0.3, 0.4) is 0 Å². The summed E-state index contributed by atoms with van der Waals surface area (Å²) in [7, 11) is 0. The molecule has 2 aromatic carbocycles. The summed E-state index contributed by atoms with van der Waals surface area (Å²) in [6.45, 7) is 2.19. The summed E-state index contributed by atoms with van der Waals surface area (Å²) < 4.78 is 13.2. The van der Waals surface area contributed by atoms with Gasteiger partial charge in [0, 0.05) is 19.2 Å². The summed E-state index contributed by atoms with van der Waals surface area (Å²) in [6.07, 6.45) is 3.28. The van der Waals surface area contributed by atoms with Gasteiger partial charge in [0.1, 0.15) is 5.82 Å². The second-order valence-corrected chi connectivity index (χ2v) is 6.71. The van der Waals surface area contributed by atoms with E-state index in [1.807, 2.05) is 17.0 Å². The summed E-state index contributed by atoms with van der Waals surface area (Å²) in [5, 5.41) is 2.72. The number of anilines is 1. The standard InChI is InChI=1S/C21H23FN2O2/c1-15(25)23-19-11-5-16(6-12-19)14-21(26)24-13-3-2-4-20(24)17-7-9-18(22)10-8-17/h5-12,20H,2-4,13-14H2,1H3,(H,23,25). The van der Waals surface area contributed by atoms with Crippen LogP contribution in [-0.4, -0.2) is 23.3 Å². The average molecular weight is 354 g/mol. The smallest absolute Gasteiger partial charge is 0.227 e. The Labute approximate surface area is 153 Å². The first-order valence-corrected chi connectivity index (χ1v) is 8.94. The lowest BCUT2D eigenvalue weighted by Gasteiger charge is -2.36. The molecular formula is C21H23FN2O2.